The van der Waals surface area contributed by atoms with Gasteiger partial charge in [-0.1, -0.05) is 25.1 Å². The Bertz CT molecular complexity index is 458. The zero-order chi connectivity index (χ0) is 15.8. The largest absolute Gasteiger partial charge is 0.481 e. The van der Waals surface area contributed by atoms with Crippen LogP contribution in [0.3, 0.4) is 0 Å². The van der Waals surface area contributed by atoms with Crippen molar-refractivity contribution < 1.29 is 9.90 Å². The SMILES string of the molecule is CCc1cccc(C)c1N(CCCN(C)C)CCC(=O)O. The van der Waals surface area contributed by atoms with Gasteiger partial charge >= 0.3 is 5.97 Å². The third kappa shape index (κ3) is 5.76. The number of carboxylic acid groups (broad SMARTS) is 1. The molecule has 0 saturated heterocycles. The molecule has 21 heavy (non-hydrogen) atoms. The van der Waals surface area contributed by atoms with Crippen LogP contribution < -0.4 is 4.90 Å². The summed E-state index contributed by atoms with van der Waals surface area (Å²) >= 11 is 0. The maximum Gasteiger partial charge on any atom is 0.305 e. The Hall–Kier alpha value is -1.55. The number of hydrogen-bond donors (Lipinski definition) is 1. The number of anilines is 1. The van der Waals surface area contributed by atoms with Crippen molar-refractivity contribution >= 4 is 11.7 Å². The molecule has 1 rings (SSSR count). The second kappa shape index (κ2) is 8.67. The van der Waals surface area contributed by atoms with E-state index in [1.165, 1.54) is 16.8 Å². The summed E-state index contributed by atoms with van der Waals surface area (Å²) in [6.45, 7) is 6.72. The highest BCUT2D eigenvalue weighted by Gasteiger charge is 2.14. The monoisotopic (exact) mass is 292 g/mol. The van der Waals surface area contributed by atoms with E-state index in [4.69, 9.17) is 5.11 Å². The normalized spacial score (nSPS) is 10.9. The number of nitrogens with zero attached hydrogens (tertiary/aromatic N) is 2. The number of carboxylic acids is 1. The van der Waals surface area contributed by atoms with Gasteiger partial charge in [-0.3, -0.25) is 4.79 Å². The lowest BCUT2D eigenvalue weighted by molar-refractivity contribution is -0.136. The molecule has 0 bridgehead atoms. The number of hydrogen-bond acceptors (Lipinski definition) is 3. The molecule has 0 fully saturated rings. The summed E-state index contributed by atoms with van der Waals surface area (Å²) in [4.78, 5) is 15.3. The summed E-state index contributed by atoms with van der Waals surface area (Å²) in [5.41, 5.74) is 3.75. The van der Waals surface area contributed by atoms with E-state index in [1.807, 2.05) is 0 Å². The summed E-state index contributed by atoms with van der Waals surface area (Å²) in [7, 11) is 4.12. The summed E-state index contributed by atoms with van der Waals surface area (Å²) in [5, 5.41) is 8.98. The summed E-state index contributed by atoms with van der Waals surface area (Å²) in [6, 6.07) is 6.32. The zero-order valence-electron chi connectivity index (χ0n) is 13.7. The molecule has 0 aliphatic heterocycles. The molecule has 0 aromatic heterocycles. The van der Waals surface area contributed by atoms with Crippen LogP contribution in [0.5, 0.6) is 0 Å². The van der Waals surface area contributed by atoms with Crippen LogP contribution in [0.2, 0.25) is 0 Å². The molecule has 118 valence electrons. The third-order valence-electron chi connectivity index (χ3n) is 3.65. The fourth-order valence-electron chi connectivity index (χ4n) is 2.60. The van der Waals surface area contributed by atoms with Gasteiger partial charge in [0.25, 0.3) is 0 Å². The standard InChI is InChI=1S/C17H28N2O2/c1-5-15-9-6-8-14(2)17(15)19(13-10-16(20)21)12-7-11-18(3)4/h6,8-9H,5,7,10-13H2,1-4H3,(H,20,21). The first-order valence-corrected chi connectivity index (χ1v) is 7.65. The van der Waals surface area contributed by atoms with Gasteiger partial charge in [0.1, 0.15) is 0 Å². The third-order valence-corrected chi connectivity index (χ3v) is 3.65. The molecule has 0 amide bonds. The van der Waals surface area contributed by atoms with Gasteiger partial charge in [0, 0.05) is 18.8 Å². The van der Waals surface area contributed by atoms with E-state index >= 15 is 0 Å². The van der Waals surface area contributed by atoms with Crippen LogP contribution in [0.1, 0.15) is 30.9 Å². The van der Waals surface area contributed by atoms with E-state index in [-0.39, 0.29) is 6.42 Å². The minimum absolute atomic E-state index is 0.180. The smallest absolute Gasteiger partial charge is 0.305 e. The molecule has 0 saturated carbocycles. The van der Waals surface area contributed by atoms with Gasteiger partial charge in [0.2, 0.25) is 0 Å². The van der Waals surface area contributed by atoms with Crippen LogP contribution >= 0.6 is 0 Å². The Balaban J connectivity index is 2.91. The minimum atomic E-state index is -0.737. The Morgan fingerprint density at radius 1 is 1.19 bits per heavy atom. The zero-order valence-corrected chi connectivity index (χ0v) is 13.7. The fraction of sp³-hybridized carbons (Fsp3) is 0.588. The molecule has 1 aromatic carbocycles. The second-order valence-corrected chi connectivity index (χ2v) is 5.72. The quantitative estimate of drug-likeness (QED) is 0.760. The maximum absolute atomic E-state index is 10.9. The predicted octanol–water partition coefficient (Wildman–Crippen LogP) is 2.79. The fourth-order valence-corrected chi connectivity index (χ4v) is 2.60. The second-order valence-electron chi connectivity index (χ2n) is 5.72. The first kappa shape index (κ1) is 17.5. The molecular weight excluding hydrogens is 264 g/mol. The van der Waals surface area contributed by atoms with Gasteiger partial charge in [-0.15, -0.1) is 0 Å². The van der Waals surface area contributed by atoms with E-state index in [1.54, 1.807) is 0 Å². The van der Waals surface area contributed by atoms with E-state index in [2.05, 4.69) is 55.9 Å². The van der Waals surface area contributed by atoms with Gasteiger partial charge in [-0.05, 0) is 51.5 Å². The van der Waals surface area contributed by atoms with Crippen LogP contribution in [0.15, 0.2) is 18.2 Å². The lowest BCUT2D eigenvalue weighted by Crippen LogP contribution is -2.30. The Labute approximate surface area is 128 Å². The molecule has 0 atom stereocenters. The van der Waals surface area contributed by atoms with Gasteiger partial charge in [0.15, 0.2) is 0 Å². The molecule has 0 aliphatic carbocycles. The summed E-state index contributed by atoms with van der Waals surface area (Å²) in [6.07, 6.45) is 2.18. The topological polar surface area (TPSA) is 43.8 Å². The minimum Gasteiger partial charge on any atom is -0.481 e. The highest BCUT2D eigenvalue weighted by molar-refractivity contribution is 5.68. The van der Waals surface area contributed by atoms with Crippen LogP contribution in [0.4, 0.5) is 5.69 Å². The van der Waals surface area contributed by atoms with E-state index in [9.17, 15) is 4.79 Å². The summed E-state index contributed by atoms with van der Waals surface area (Å²) < 4.78 is 0. The van der Waals surface area contributed by atoms with Crippen LogP contribution in [0.25, 0.3) is 0 Å². The van der Waals surface area contributed by atoms with Crippen molar-refractivity contribution in [3.8, 4) is 0 Å². The van der Waals surface area contributed by atoms with Crippen molar-refractivity contribution in [1.29, 1.82) is 0 Å². The van der Waals surface area contributed by atoms with Gasteiger partial charge in [-0.25, -0.2) is 0 Å². The Kier molecular flexibility index (Phi) is 7.23. The Morgan fingerprint density at radius 3 is 2.48 bits per heavy atom. The first-order valence-electron chi connectivity index (χ1n) is 7.65. The Morgan fingerprint density at radius 2 is 1.90 bits per heavy atom. The lowest BCUT2D eigenvalue weighted by atomic mass is 10.0. The molecular formula is C17H28N2O2. The molecule has 0 spiro atoms. The van der Waals surface area contributed by atoms with Crippen molar-refractivity contribution in [3.05, 3.63) is 29.3 Å². The number of carbonyl (C=O) groups is 1. The predicted molar refractivity (Wildman–Crippen MR) is 88.2 cm³/mol. The highest BCUT2D eigenvalue weighted by atomic mass is 16.4. The number of benzene rings is 1. The first-order chi connectivity index (χ1) is 9.95. The number of aryl methyl sites for hydroxylation is 2. The van der Waals surface area contributed by atoms with Gasteiger partial charge in [-0.2, -0.15) is 0 Å². The van der Waals surface area contributed by atoms with Crippen molar-refractivity contribution in [2.24, 2.45) is 0 Å². The molecule has 1 N–H and O–H groups in total. The van der Waals surface area contributed by atoms with E-state index < -0.39 is 5.97 Å². The van der Waals surface area contributed by atoms with Crippen molar-refractivity contribution in [1.82, 2.24) is 4.90 Å². The molecule has 4 heteroatoms. The van der Waals surface area contributed by atoms with Crippen LogP contribution in [-0.2, 0) is 11.2 Å². The highest BCUT2D eigenvalue weighted by Crippen LogP contribution is 2.26. The number of aliphatic carboxylic acids is 1. The van der Waals surface area contributed by atoms with Gasteiger partial charge < -0.3 is 14.9 Å². The van der Waals surface area contributed by atoms with Crippen molar-refractivity contribution in [3.63, 3.8) is 0 Å². The number of rotatable bonds is 9. The van der Waals surface area contributed by atoms with Crippen molar-refractivity contribution in [2.45, 2.75) is 33.1 Å². The molecule has 1 aromatic rings. The molecule has 0 radical (unpaired) electrons. The van der Waals surface area contributed by atoms with Gasteiger partial charge in [0.05, 0.1) is 6.42 Å². The lowest BCUT2D eigenvalue weighted by Gasteiger charge is -2.29. The average Bonchev–Trinajstić information content (AvgIpc) is 2.42. The molecule has 0 heterocycles. The average molecular weight is 292 g/mol. The van der Waals surface area contributed by atoms with Crippen molar-refractivity contribution in [2.75, 3.05) is 38.6 Å². The molecule has 0 unspecified atom stereocenters. The molecule has 4 nitrogen and oxygen atoms in total. The van der Waals surface area contributed by atoms with Crippen LogP contribution in [-0.4, -0.2) is 49.7 Å². The van der Waals surface area contributed by atoms with E-state index in [0.29, 0.717) is 6.54 Å². The molecule has 0 aliphatic rings. The summed E-state index contributed by atoms with van der Waals surface area (Å²) in [5.74, 6) is -0.737. The van der Waals surface area contributed by atoms with Crippen LogP contribution in [0, 0.1) is 6.92 Å². The van der Waals surface area contributed by atoms with E-state index in [0.717, 1.165) is 25.9 Å². The maximum atomic E-state index is 10.9. The number of para-hydroxylation sites is 1.